The maximum Gasteiger partial charge on any atom is 1.00 e. The van der Waals surface area contributed by atoms with E-state index in [0.29, 0.717) is 0 Å². The topological polar surface area (TPSA) is 197 Å². The van der Waals surface area contributed by atoms with Gasteiger partial charge in [0.1, 0.15) is 19.9 Å². The van der Waals surface area contributed by atoms with Crippen LogP contribution in [0.4, 0.5) is 0 Å². The molecule has 2 rings (SSSR count). The van der Waals surface area contributed by atoms with E-state index in [0.717, 1.165) is 4.57 Å². The number of aliphatic hydroxyl groups is 1. The van der Waals surface area contributed by atoms with E-state index in [1.807, 2.05) is 0 Å². The molecule has 0 aliphatic carbocycles. The van der Waals surface area contributed by atoms with Crippen molar-refractivity contribution in [1.82, 2.24) is 9.55 Å². The molecule has 1 aliphatic rings. The molecule has 2 N–H and O–H groups in total. The molecule has 0 amide bonds. The summed E-state index contributed by atoms with van der Waals surface area (Å²) in [5.41, 5.74) is -1.13. The molecule has 1 saturated heterocycles. The first-order chi connectivity index (χ1) is 11.4. The molecule has 0 aromatic carbocycles. The van der Waals surface area contributed by atoms with Gasteiger partial charge in [-0.05, 0) is 6.92 Å². The second-order valence-corrected chi connectivity index (χ2v) is 9.40. The minimum atomic E-state index is -5.32. The van der Waals surface area contributed by atoms with E-state index < -0.39 is 57.4 Å². The van der Waals surface area contributed by atoms with E-state index in [9.17, 15) is 38.5 Å². The van der Waals surface area contributed by atoms with Gasteiger partial charge in [0.05, 0.1) is 12.7 Å². The molecule has 12 nitrogen and oxygen atoms in total. The number of aryl methyl sites for hydroxylation is 1. The van der Waals surface area contributed by atoms with Crippen LogP contribution in [0.1, 0.15) is 18.2 Å². The van der Waals surface area contributed by atoms with Gasteiger partial charge in [0, 0.05) is 24.1 Å². The van der Waals surface area contributed by atoms with E-state index in [2.05, 4.69) is 9.51 Å². The SMILES string of the molecule is Cc1cn(C2CC(O)C(COP(=O)([O-])CP(=O)([O-])[O-])O2)c(=O)[nH]c1=O.[Na+].[Na+].[Na+]. The van der Waals surface area contributed by atoms with Crippen LogP contribution in [-0.4, -0.2) is 39.4 Å². The number of aliphatic hydroxyl groups excluding tert-OH is 1. The fourth-order valence-corrected chi connectivity index (χ4v) is 4.67. The van der Waals surface area contributed by atoms with Crippen molar-refractivity contribution in [3.63, 3.8) is 0 Å². The van der Waals surface area contributed by atoms with E-state index >= 15 is 0 Å². The number of nitrogens with zero attached hydrogens (tertiary/aromatic N) is 1. The van der Waals surface area contributed by atoms with Gasteiger partial charge in [-0.2, -0.15) is 0 Å². The number of nitrogens with one attached hydrogen (secondary N) is 1. The smallest absolute Gasteiger partial charge is 0.810 e. The van der Waals surface area contributed by atoms with E-state index in [1.54, 1.807) is 0 Å². The molecule has 1 aromatic heterocycles. The molecular formula is C11H15N2Na3O10P2. The van der Waals surface area contributed by atoms with Crippen LogP contribution >= 0.6 is 15.2 Å². The predicted octanol–water partition coefficient (Wildman–Crippen LogP) is -12.1. The molecular weight excluding hydrogens is 451 g/mol. The molecule has 142 valence electrons. The number of aromatic nitrogens is 2. The van der Waals surface area contributed by atoms with Crippen molar-refractivity contribution in [3.8, 4) is 0 Å². The Hall–Kier alpha value is 1.90. The number of aromatic amines is 1. The molecule has 28 heavy (non-hydrogen) atoms. The van der Waals surface area contributed by atoms with Crippen molar-refractivity contribution in [1.29, 1.82) is 0 Å². The zero-order chi connectivity index (χ0) is 19.0. The van der Waals surface area contributed by atoms with Gasteiger partial charge >= 0.3 is 94.4 Å². The van der Waals surface area contributed by atoms with Crippen LogP contribution in [0.5, 0.6) is 0 Å². The van der Waals surface area contributed by atoms with Gasteiger partial charge in [-0.1, -0.05) is 7.60 Å². The van der Waals surface area contributed by atoms with Gasteiger partial charge in [0.25, 0.3) is 5.56 Å². The van der Waals surface area contributed by atoms with Crippen LogP contribution in [0.3, 0.4) is 0 Å². The number of rotatable bonds is 6. The van der Waals surface area contributed by atoms with E-state index in [4.69, 9.17) is 4.74 Å². The number of hydrogen-bond donors (Lipinski definition) is 2. The van der Waals surface area contributed by atoms with Gasteiger partial charge in [-0.25, -0.2) is 4.79 Å². The largest absolute Gasteiger partial charge is 1.00 e. The van der Waals surface area contributed by atoms with Crippen molar-refractivity contribution < 1.29 is 127 Å². The van der Waals surface area contributed by atoms with Gasteiger partial charge < -0.3 is 38.2 Å². The Balaban J connectivity index is 0. The number of hydrogen-bond acceptors (Lipinski definition) is 10. The van der Waals surface area contributed by atoms with E-state index in [1.165, 1.54) is 13.1 Å². The Labute approximate surface area is 226 Å². The minimum Gasteiger partial charge on any atom is -0.810 e. The van der Waals surface area contributed by atoms with Crippen molar-refractivity contribution in [3.05, 3.63) is 32.6 Å². The summed E-state index contributed by atoms with van der Waals surface area (Å²) in [6.45, 7) is 0.730. The molecule has 0 saturated carbocycles. The van der Waals surface area contributed by atoms with Crippen LogP contribution in [0.15, 0.2) is 15.8 Å². The summed E-state index contributed by atoms with van der Waals surface area (Å²) in [5, 5.41) is 9.90. The van der Waals surface area contributed by atoms with E-state index in [-0.39, 0.29) is 101 Å². The molecule has 4 atom stereocenters. The Morgan fingerprint density at radius 3 is 2.39 bits per heavy atom. The summed E-state index contributed by atoms with van der Waals surface area (Å²) >= 11 is 0. The standard InChI is InChI=1S/C11H18N2O10P2.3Na/c1-6-3-13(11(16)12-10(6)15)9-2-7(14)8(23-9)4-22-25(20,21)5-24(17,18)19;;;/h3,7-9,14H,2,4-5H2,1H3,(H,20,21)(H,12,15,16)(H2,17,18,19);;;/q;3*+1/p-3. The van der Waals surface area contributed by atoms with Crippen LogP contribution in [0, 0.1) is 6.92 Å². The first-order valence-corrected chi connectivity index (χ1v) is 10.4. The maximum absolute atomic E-state index is 11.8. The van der Waals surface area contributed by atoms with Crippen molar-refractivity contribution >= 4 is 15.2 Å². The Morgan fingerprint density at radius 1 is 1.29 bits per heavy atom. The summed E-state index contributed by atoms with van der Waals surface area (Å²) < 4.78 is 32.7. The molecule has 1 fully saturated rings. The third-order valence-corrected chi connectivity index (χ3v) is 6.76. The molecule has 0 spiro atoms. The maximum atomic E-state index is 11.8. The number of H-pyrrole nitrogens is 1. The van der Waals surface area contributed by atoms with Crippen LogP contribution in [-0.2, 0) is 18.4 Å². The second kappa shape index (κ2) is 12.8. The monoisotopic (exact) mass is 466 g/mol. The molecule has 2 heterocycles. The van der Waals surface area contributed by atoms with Crippen LogP contribution in [0.25, 0.3) is 0 Å². The Kier molecular flexibility index (Phi) is 14.7. The van der Waals surface area contributed by atoms with Crippen molar-refractivity contribution in [2.75, 3.05) is 12.5 Å². The fraction of sp³-hybridized carbons (Fsp3) is 0.636. The summed E-state index contributed by atoms with van der Waals surface area (Å²) in [5.74, 6) is -1.69. The van der Waals surface area contributed by atoms with Crippen molar-refractivity contribution in [2.24, 2.45) is 0 Å². The summed E-state index contributed by atoms with van der Waals surface area (Å²) in [4.78, 5) is 57.6. The third kappa shape index (κ3) is 9.58. The number of ether oxygens (including phenoxy) is 1. The third-order valence-electron chi connectivity index (χ3n) is 3.44. The quantitative estimate of drug-likeness (QED) is 0.300. The summed E-state index contributed by atoms with van der Waals surface area (Å²) in [7, 11) is -10.3. The Morgan fingerprint density at radius 2 is 1.86 bits per heavy atom. The molecule has 0 radical (unpaired) electrons. The molecule has 17 heteroatoms. The van der Waals surface area contributed by atoms with Gasteiger partial charge in [-0.15, -0.1) is 0 Å². The first-order valence-electron chi connectivity index (χ1n) is 6.99. The second-order valence-electron chi connectivity index (χ2n) is 5.57. The zero-order valence-electron chi connectivity index (χ0n) is 15.9. The zero-order valence-corrected chi connectivity index (χ0v) is 23.7. The average Bonchev–Trinajstić information content (AvgIpc) is 2.79. The average molecular weight is 466 g/mol. The summed E-state index contributed by atoms with van der Waals surface area (Å²) in [6, 6.07) is 0. The Bertz CT molecular complexity index is 856. The van der Waals surface area contributed by atoms with Gasteiger partial charge in [-0.3, -0.25) is 14.3 Å². The van der Waals surface area contributed by atoms with Crippen LogP contribution in [0.2, 0.25) is 0 Å². The fourth-order valence-electron chi connectivity index (χ4n) is 2.28. The normalized spacial score (nSPS) is 23.7. The predicted molar refractivity (Wildman–Crippen MR) is 76.6 cm³/mol. The molecule has 1 aliphatic heterocycles. The van der Waals surface area contributed by atoms with Gasteiger partial charge in [0.15, 0.2) is 0 Å². The molecule has 1 aromatic rings. The minimum absolute atomic E-state index is 0. The van der Waals surface area contributed by atoms with Crippen molar-refractivity contribution in [2.45, 2.75) is 31.8 Å². The molecule has 4 unspecified atom stereocenters. The van der Waals surface area contributed by atoms with Crippen LogP contribution < -0.4 is 115 Å². The summed E-state index contributed by atoms with van der Waals surface area (Å²) in [6.07, 6.45) is -2.24. The van der Waals surface area contributed by atoms with Gasteiger partial charge in [0.2, 0.25) is 0 Å². The molecule has 0 bridgehead atoms. The first kappa shape index (κ1) is 32.1.